The number of halogens is 1. The number of sulfonamides is 1. The molecule has 0 bridgehead atoms. The Bertz CT molecular complexity index is 994. The van der Waals surface area contributed by atoms with Gasteiger partial charge in [0.05, 0.1) is 17.4 Å². The van der Waals surface area contributed by atoms with Crippen LogP contribution in [0.15, 0.2) is 57.9 Å². The topological polar surface area (TPSA) is 66.9 Å². The highest BCUT2D eigenvalue weighted by molar-refractivity contribution is 9.10. The van der Waals surface area contributed by atoms with Crippen LogP contribution in [-0.2, 0) is 20.2 Å². The molecule has 154 valence electrons. The Morgan fingerprint density at radius 3 is 2.07 bits per heavy atom. The minimum Gasteiger partial charge on any atom is -0.497 e. The van der Waals surface area contributed by atoms with Gasteiger partial charge in [0.1, 0.15) is 5.75 Å². The van der Waals surface area contributed by atoms with E-state index in [-0.39, 0.29) is 10.8 Å². The minimum absolute atomic E-state index is 0.112. The zero-order chi connectivity index (χ0) is 20.6. The van der Waals surface area contributed by atoms with E-state index in [1.165, 1.54) is 4.31 Å². The number of hydrogen-bond acceptors (Lipinski definition) is 4. The quantitative estimate of drug-likeness (QED) is 0.662. The van der Waals surface area contributed by atoms with Gasteiger partial charge in [0, 0.05) is 30.7 Å². The van der Waals surface area contributed by atoms with E-state index in [0.29, 0.717) is 31.9 Å². The molecule has 1 aliphatic heterocycles. The number of ether oxygens (including phenoxy) is 1. The number of carbonyl (C=O) groups excluding carboxylic acids is 1. The molecule has 0 aromatic heterocycles. The van der Waals surface area contributed by atoms with Crippen molar-refractivity contribution in [1.82, 2.24) is 9.21 Å². The average Bonchev–Trinajstić information content (AvgIpc) is 3.56. The third-order valence-corrected chi connectivity index (χ3v) is 8.22. The number of piperazine rings is 1. The van der Waals surface area contributed by atoms with Crippen LogP contribution in [0.2, 0.25) is 0 Å². The Morgan fingerprint density at radius 1 is 0.966 bits per heavy atom. The van der Waals surface area contributed by atoms with E-state index in [2.05, 4.69) is 15.9 Å². The summed E-state index contributed by atoms with van der Waals surface area (Å²) in [5.74, 6) is 0.725. The molecule has 1 aliphatic carbocycles. The van der Waals surface area contributed by atoms with Gasteiger partial charge in [-0.3, -0.25) is 4.79 Å². The van der Waals surface area contributed by atoms with E-state index in [0.717, 1.165) is 22.9 Å². The van der Waals surface area contributed by atoms with Crippen LogP contribution in [0.1, 0.15) is 18.4 Å². The maximum Gasteiger partial charge on any atom is 0.243 e. The average molecular weight is 479 g/mol. The monoisotopic (exact) mass is 478 g/mol. The first-order chi connectivity index (χ1) is 13.9. The fourth-order valence-corrected chi connectivity index (χ4v) is 5.54. The van der Waals surface area contributed by atoms with E-state index in [9.17, 15) is 13.2 Å². The lowest BCUT2D eigenvalue weighted by Gasteiger charge is -2.36. The lowest BCUT2D eigenvalue weighted by atomic mass is 9.94. The summed E-state index contributed by atoms with van der Waals surface area (Å²) in [7, 11) is -2.04. The van der Waals surface area contributed by atoms with Crippen LogP contribution in [0.3, 0.4) is 0 Å². The molecule has 2 fully saturated rings. The number of benzene rings is 2. The molecule has 0 unspecified atom stereocenters. The lowest BCUT2D eigenvalue weighted by Crippen LogP contribution is -2.52. The molecule has 1 heterocycles. The Hall–Kier alpha value is -1.90. The molecule has 2 aromatic rings. The molecule has 1 saturated heterocycles. The van der Waals surface area contributed by atoms with E-state index in [4.69, 9.17) is 4.74 Å². The number of nitrogens with zero attached hydrogens (tertiary/aromatic N) is 2. The van der Waals surface area contributed by atoms with E-state index < -0.39 is 15.4 Å². The van der Waals surface area contributed by atoms with E-state index >= 15 is 0 Å². The van der Waals surface area contributed by atoms with Crippen molar-refractivity contribution in [1.29, 1.82) is 0 Å². The van der Waals surface area contributed by atoms with Crippen molar-refractivity contribution in [3.63, 3.8) is 0 Å². The second kappa shape index (κ2) is 7.74. The summed E-state index contributed by atoms with van der Waals surface area (Å²) in [6.45, 7) is 1.42. The van der Waals surface area contributed by atoms with Crippen molar-refractivity contribution in [3.05, 3.63) is 58.6 Å². The highest BCUT2D eigenvalue weighted by Crippen LogP contribution is 2.50. The fraction of sp³-hybridized carbons (Fsp3) is 0.381. The molecular weight excluding hydrogens is 456 g/mol. The summed E-state index contributed by atoms with van der Waals surface area (Å²) in [6, 6.07) is 14.3. The first kappa shape index (κ1) is 20.4. The number of hydrogen-bond donors (Lipinski definition) is 0. The van der Waals surface area contributed by atoms with E-state index in [1.807, 2.05) is 29.2 Å². The van der Waals surface area contributed by atoms with Crippen LogP contribution in [0.4, 0.5) is 0 Å². The number of methoxy groups -OCH3 is 1. The summed E-state index contributed by atoms with van der Waals surface area (Å²) in [5, 5.41) is 0. The van der Waals surface area contributed by atoms with Gasteiger partial charge >= 0.3 is 0 Å². The Labute approximate surface area is 179 Å². The van der Waals surface area contributed by atoms with Crippen LogP contribution in [0, 0.1) is 0 Å². The molecule has 0 atom stereocenters. The molecule has 6 nitrogen and oxygen atoms in total. The largest absolute Gasteiger partial charge is 0.497 e. The van der Waals surface area contributed by atoms with Crippen molar-refractivity contribution in [2.45, 2.75) is 23.2 Å². The maximum absolute atomic E-state index is 13.2. The standard InChI is InChI=1S/C21H23BrN2O4S/c1-28-18-6-8-19(9-7-18)29(26,27)24-14-12-23(13-15-24)20(25)21(10-11-21)16-2-4-17(22)5-3-16/h2-9H,10-15H2,1H3. The third-order valence-electron chi connectivity index (χ3n) is 5.78. The Morgan fingerprint density at radius 2 is 1.55 bits per heavy atom. The Kier molecular flexibility index (Phi) is 5.44. The predicted molar refractivity (Wildman–Crippen MR) is 113 cm³/mol. The smallest absolute Gasteiger partial charge is 0.243 e. The lowest BCUT2D eigenvalue weighted by molar-refractivity contribution is -0.135. The summed E-state index contributed by atoms with van der Waals surface area (Å²) in [4.78, 5) is 15.3. The van der Waals surface area contributed by atoms with Crippen molar-refractivity contribution < 1.29 is 17.9 Å². The molecule has 1 saturated carbocycles. The van der Waals surface area contributed by atoms with Gasteiger partial charge < -0.3 is 9.64 Å². The molecule has 0 spiro atoms. The van der Waals surface area contributed by atoms with Crippen molar-refractivity contribution in [3.8, 4) is 5.75 Å². The van der Waals surface area contributed by atoms with Crippen molar-refractivity contribution >= 4 is 31.9 Å². The van der Waals surface area contributed by atoms with Crippen LogP contribution in [-0.4, -0.2) is 56.8 Å². The molecule has 0 N–H and O–H groups in total. The number of carbonyl (C=O) groups is 1. The highest BCUT2D eigenvalue weighted by Gasteiger charge is 2.53. The van der Waals surface area contributed by atoms with Crippen LogP contribution in [0.25, 0.3) is 0 Å². The first-order valence-electron chi connectivity index (χ1n) is 9.56. The molecule has 1 amide bonds. The van der Waals surface area contributed by atoms with Crippen LogP contribution in [0.5, 0.6) is 5.75 Å². The maximum atomic E-state index is 13.2. The van der Waals surface area contributed by atoms with Gasteiger partial charge in [0.25, 0.3) is 0 Å². The van der Waals surface area contributed by atoms with Crippen molar-refractivity contribution in [2.75, 3.05) is 33.3 Å². The van der Waals surface area contributed by atoms with Gasteiger partial charge in [-0.05, 0) is 54.8 Å². The van der Waals surface area contributed by atoms with Gasteiger partial charge in [-0.1, -0.05) is 28.1 Å². The molecule has 29 heavy (non-hydrogen) atoms. The normalized spacial score (nSPS) is 19.0. The van der Waals surface area contributed by atoms with Crippen molar-refractivity contribution in [2.24, 2.45) is 0 Å². The summed E-state index contributed by atoms with van der Waals surface area (Å²) >= 11 is 3.43. The fourth-order valence-electron chi connectivity index (χ4n) is 3.85. The first-order valence-corrected chi connectivity index (χ1v) is 11.8. The zero-order valence-electron chi connectivity index (χ0n) is 16.2. The molecule has 0 radical (unpaired) electrons. The van der Waals surface area contributed by atoms with Gasteiger partial charge in [-0.15, -0.1) is 0 Å². The van der Waals surface area contributed by atoms with Gasteiger partial charge in [0.2, 0.25) is 15.9 Å². The second-order valence-electron chi connectivity index (χ2n) is 7.46. The molecule has 4 rings (SSSR count). The predicted octanol–water partition coefficient (Wildman–Crippen LogP) is 3.02. The SMILES string of the molecule is COc1ccc(S(=O)(=O)N2CCN(C(=O)C3(c4ccc(Br)cc4)CC3)CC2)cc1. The van der Waals surface area contributed by atoms with E-state index in [1.54, 1.807) is 31.4 Å². The van der Waals surface area contributed by atoms with Gasteiger partial charge in [-0.2, -0.15) is 4.31 Å². The van der Waals surface area contributed by atoms with Gasteiger partial charge in [-0.25, -0.2) is 8.42 Å². The van der Waals surface area contributed by atoms with Gasteiger partial charge in [0.15, 0.2) is 0 Å². The molecule has 2 aliphatic rings. The van der Waals surface area contributed by atoms with Crippen LogP contribution >= 0.6 is 15.9 Å². The molecule has 2 aromatic carbocycles. The molecular formula is C21H23BrN2O4S. The number of rotatable bonds is 5. The second-order valence-corrected chi connectivity index (χ2v) is 10.3. The third kappa shape index (κ3) is 3.81. The summed E-state index contributed by atoms with van der Waals surface area (Å²) in [5.41, 5.74) is 0.608. The summed E-state index contributed by atoms with van der Waals surface area (Å²) < 4.78 is 33.3. The number of amides is 1. The zero-order valence-corrected chi connectivity index (χ0v) is 18.6. The van der Waals surface area contributed by atoms with Crippen LogP contribution < -0.4 is 4.74 Å². The summed E-state index contributed by atoms with van der Waals surface area (Å²) in [6.07, 6.45) is 1.69. The highest BCUT2D eigenvalue weighted by atomic mass is 79.9. The Balaban J connectivity index is 1.43. The minimum atomic E-state index is -3.58. The molecule has 8 heteroatoms.